The lowest BCUT2D eigenvalue weighted by Crippen LogP contribution is -1.98. The van der Waals surface area contributed by atoms with Gasteiger partial charge in [0, 0.05) is 12.1 Å². The molecule has 0 aliphatic rings. The predicted molar refractivity (Wildman–Crippen MR) is 92.5 cm³/mol. The lowest BCUT2D eigenvalue weighted by Gasteiger charge is -2.07. The Labute approximate surface area is 146 Å². The van der Waals surface area contributed by atoms with Crippen LogP contribution in [0.25, 0.3) is 17.3 Å². The van der Waals surface area contributed by atoms with E-state index in [1.807, 2.05) is 54.0 Å². The van der Waals surface area contributed by atoms with Gasteiger partial charge in [-0.2, -0.15) is 4.37 Å². The van der Waals surface area contributed by atoms with E-state index in [9.17, 15) is 0 Å². The highest BCUT2D eigenvalue weighted by atomic mass is 32.2. The molecule has 0 atom stereocenters. The average molecular weight is 355 g/mol. The zero-order chi connectivity index (χ0) is 16.4. The molecule has 0 aliphatic heterocycles. The lowest BCUT2D eigenvalue weighted by atomic mass is 10.3. The molecular formula is C16H13N5OS2. The van der Waals surface area contributed by atoms with Crippen molar-refractivity contribution in [3.63, 3.8) is 0 Å². The van der Waals surface area contributed by atoms with Crippen molar-refractivity contribution in [2.45, 2.75) is 22.8 Å². The molecule has 1 aromatic carbocycles. The Balaban J connectivity index is 1.79. The molecule has 0 fully saturated rings. The molecule has 0 radical (unpaired) electrons. The SMILES string of the molecule is CCc1nsc(Sc2nnc(-c3ccco3)n2-c2ccccc2)n1. The molecule has 4 rings (SSSR count). The van der Waals surface area contributed by atoms with Crippen molar-refractivity contribution in [2.24, 2.45) is 0 Å². The van der Waals surface area contributed by atoms with Gasteiger partial charge in [-0.25, -0.2) is 4.98 Å². The molecule has 0 saturated carbocycles. The van der Waals surface area contributed by atoms with Crippen LogP contribution in [0, 0.1) is 0 Å². The summed E-state index contributed by atoms with van der Waals surface area (Å²) < 4.78 is 12.7. The molecule has 8 heteroatoms. The summed E-state index contributed by atoms with van der Waals surface area (Å²) in [5, 5.41) is 9.37. The molecule has 0 bridgehead atoms. The summed E-state index contributed by atoms with van der Waals surface area (Å²) in [6.45, 7) is 2.04. The Hall–Kier alpha value is -2.45. The van der Waals surface area contributed by atoms with Crippen LogP contribution in [0.3, 0.4) is 0 Å². The van der Waals surface area contributed by atoms with E-state index >= 15 is 0 Å². The molecule has 6 nitrogen and oxygen atoms in total. The third kappa shape index (κ3) is 2.85. The van der Waals surface area contributed by atoms with E-state index in [2.05, 4.69) is 19.6 Å². The normalized spacial score (nSPS) is 11.0. The van der Waals surface area contributed by atoms with Crippen LogP contribution in [0.5, 0.6) is 0 Å². The number of hydrogen-bond acceptors (Lipinski definition) is 7. The Morgan fingerprint density at radius 2 is 2.00 bits per heavy atom. The van der Waals surface area contributed by atoms with Crippen molar-refractivity contribution in [2.75, 3.05) is 0 Å². The van der Waals surface area contributed by atoms with E-state index in [1.54, 1.807) is 6.26 Å². The summed E-state index contributed by atoms with van der Waals surface area (Å²) in [6, 6.07) is 13.7. The van der Waals surface area contributed by atoms with Crippen LogP contribution >= 0.6 is 23.3 Å². The predicted octanol–water partition coefficient (Wildman–Crippen LogP) is 4.09. The third-order valence-corrected chi connectivity index (χ3v) is 5.07. The number of furan rings is 1. The minimum atomic E-state index is 0.661. The second-order valence-corrected chi connectivity index (χ2v) is 6.85. The molecule has 0 unspecified atom stereocenters. The van der Waals surface area contributed by atoms with E-state index in [0.29, 0.717) is 11.6 Å². The van der Waals surface area contributed by atoms with E-state index < -0.39 is 0 Å². The minimum absolute atomic E-state index is 0.661. The molecule has 0 N–H and O–H groups in total. The van der Waals surface area contributed by atoms with E-state index in [4.69, 9.17) is 4.42 Å². The lowest BCUT2D eigenvalue weighted by molar-refractivity contribution is 0.575. The van der Waals surface area contributed by atoms with Crippen LogP contribution in [0.15, 0.2) is 62.6 Å². The van der Waals surface area contributed by atoms with Crippen molar-refractivity contribution in [1.29, 1.82) is 0 Å². The van der Waals surface area contributed by atoms with Gasteiger partial charge in [0.05, 0.1) is 6.26 Å². The first kappa shape index (κ1) is 15.1. The maximum atomic E-state index is 5.51. The maximum Gasteiger partial charge on any atom is 0.205 e. The van der Waals surface area contributed by atoms with Gasteiger partial charge in [-0.05, 0) is 47.6 Å². The Kier molecular flexibility index (Phi) is 4.14. The Morgan fingerprint density at radius 1 is 1.12 bits per heavy atom. The third-order valence-electron chi connectivity index (χ3n) is 3.33. The summed E-state index contributed by atoms with van der Waals surface area (Å²) in [4.78, 5) is 4.50. The van der Waals surface area contributed by atoms with Crippen LogP contribution < -0.4 is 0 Å². The minimum Gasteiger partial charge on any atom is -0.461 e. The number of para-hydroxylation sites is 1. The number of aromatic nitrogens is 5. The number of benzene rings is 1. The van der Waals surface area contributed by atoms with Crippen LogP contribution in [0.2, 0.25) is 0 Å². The van der Waals surface area contributed by atoms with Gasteiger partial charge in [-0.1, -0.05) is 25.1 Å². The van der Waals surface area contributed by atoms with Gasteiger partial charge in [0.2, 0.25) is 11.0 Å². The quantitative estimate of drug-likeness (QED) is 0.537. The second kappa shape index (κ2) is 6.58. The van der Waals surface area contributed by atoms with Gasteiger partial charge < -0.3 is 4.42 Å². The molecule has 120 valence electrons. The van der Waals surface area contributed by atoms with E-state index in [1.165, 1.54) is 23.3 Å². The Morgan fingerprint density at radius 3 is 2.71 bits per heavy atom. The van der Waals surface area contributed by atoms with Crippen molar-refractivity contribution in [1.82, 2.24) is 24.1 Å². The van der Waals surface area contributed by atoms with Crippen LogP contribution in [-0.4, -0.2) is 24.1 Å². The fourth-order valence-corrected chi connectivity index (χ4v) is 3.87. The summed E-state index contributed by atoms with van der Waals surface area (Å²) in [6.07, 6.45) is 2.45. The largest absolute Gasteiger partial charge is 0.461 e. The van der Waals surface area contributed by atoms with Crippen molar-refractivity contribution in [3.8, 4) is 17.3 Å². The molecular weight excluding hydrogens is 342 g/mol. The van der Waals surface area contributed by atoms with Gasteiger partial charge >= 0.3 is 0 Å². The van der Waals surface area contributed by atoms with Gasteiger partial charge in [0.25, 0.3) is 0 Å². The number of nitrogens with zero attached hydrogens (tertiary/aromatic N) is 5. The smallest absolute Gasteiger partial charge is 0.205 e. The van der Waals surface area contributed by atoms with E-state index in [0.717, 1.165) is 27.4 Å². The highest BCUT2D eigenvalue weighted by molar-refractivity contribution is 8.00. The molecule has 3 aromatic heterocycles. The van der Waals surface area contributed by atoms with Crippen molar-refractivity contribution < 1.29 is 4.42 Å². The zero-order valence-corrected chi connectivity index (χ0v) is 14.4. The summed E-state index contributed by atoms with van der Waals surface area (Å²) in [5.74, 6) is 2.18. The molecule has 3 heterocycles. The second-order valence-electron chi connectivity index (χ2n) is 4.89. The first-order valence-electron chi connectivity index (χ1n) is 7.40. The standard InChI is InChI=1S/C16H13N5OS2/c1-2-13-17-16(24-20-13)23-15-19-18-14(12-9-6-10-22-12)21(15)11-7-4-3-5-8-11/h3-10H,2H2,1H3. The summed E-state index contributed by atoms with van der Waals surface area (Å²) in [7, 11) is 0. The number of rotatable bonds is 5. The molecule has 0 amide bonds. The fourth-order valence-electron chi connectivity index (χ4n) is 2.21. The topological polar surface area (TPSA) is 69.6 Å². The van der Waals surface area contributed by atoms with Crippen molar-refractivity contribution in [3.05, 3.63) is 54.6 Å². The fraction of sp³-hybridized carbons (Fsp3) is 0.125. The highest BCUT2D eigenvalue weighted by Gasteiger charge is 2.19. The highest BCUT2D eigenvalue weighted by Crippen LogP contribution is 2.33. The summed E-state index contributed by atoms with van der Waals surface area (Å²) in [5.41, 5.74) is 0.969. The maximum absolute atomic E-state index is 5.51. The molecule has 24 heavy (non-hydrogen) atoms. The Bertz CT molecular complexity index is 931. The average Bonchev–Trinajstić information content (AvgIpc) is 3.36. The first-order valence-corrected chi connectivity index (χ1v) is 8.99. The van der Waals surface area contributed by atoms with E-state index in [-0.39, 0.29) is 0 Å². The zero-order valence-electron chi connectivity index (χ0n) is 12.8. The van der Waals surface area contributed by atoms with Crippen molar-refractivity contribution >= 4 is 23.3 Å². The molecule has 0 spiro atoms. The molecule has 0 saturated heterocycles. The van der Waals surface area contributed by atoms with Gasteiger partial charge in [-0.3, -0.25) is 4.57 Å². The van der Waals surface area contributed by atoms with Gasteiger partial charge in [0.15, 0.2) is 10.1 Å². The number of aryl methyl sites for hydroxylation is 1. The molecule has 0 aliphatic carbocycles. The van der Waals surface area contributed by atoms with Gasteiger partial charge in [0.1, 0.15) is 5.82 Å². The van der Waals surface area contributed by atoms with Crippen LogP contribution in [0.4, 0.5) is 0 Å². The van der Waals surface area contributed by atoms with Crippen LogP contribution in [-0.2, 0) is 6.42 Å². The molecule has 4 aromatic rings. The van der Waals surface area contributed by atoms with Gasteiger partial charge in [-0.15, -0.1) is 10.2 Å². The number of hydrogen-bond donors (Lipinski definition) is 0. The monoisotopic (exact) mass is 355 g/mol. The van der Waals surface area contributed by atoms with Crippen LogP contribution in [0.1, 0.15) is 12.7 Å². The first-order chi connectivity index (χ1) is 11.8. The summed E-state index contributed by atoms with van der Waals surface area (Å²) >= 11 is 2.83.